The summed E-state index contributed by atoms with van der Waals surface area (Å²) in [5, 5.41) is 0. The van der Waals surface area contributed by atoms with Crippen LogP contribution in [0.4, 0.5) is 0 Å². The van der Waals surface area contributed by atoms with Crippen molar-refractivity contribution in [2.45, 2.75) is 73.0 Å². The zero-order chi connectivity index (χ0) is 21.0. The molecule has 0 aliphatic rings. The molecule has 0 heterocycles. The zero-order valence-corrected chi connectivity index (χ0v) is 18.5. The molecule has 2 unspecified atom stereocenters. The van der Waals surface area contributed by atoms with Crippen LogP contribution in [0, 0.1) is 11.8 Å². The highest BCUT2D eigenvalue weighted by Gasteiger charge is 2.30. The van der Waals surface area contributed by atoms with Gasteiger partial charge in [0.2, 0.25) is 0 Å². The summed E-state index contributed by atoms with van der Waals surface area (Å²) in [7, 11) is 0. The summed E-state index contributed by atoms with van der Waals surface area (Å²) in [6.45, 7) is 13.4. The Hall–Kier alpha value is -1.65. The van der Waals surface area contributed by atoms with Crippen LogP contribution >= 0.6 is 0 Å². The van der Waals surface area contributed by atoms with Gasteiger partial charge in [-0.25, -0.2) is 0 Å². The van der Waals surface area contributed by atoms with E-state index in [1.54, 1.807) is 0 Å². The second kappa shape index (κ2) is 12.7. The molecule has 0 aromatic heterocycles. The predicted molar refractivity (Wildman–Crippen MR) is 114 cm³/mol. The molecule has 4 heteroatoms. The Morgan fingerprint density at radius 3 is 2.43 bits per heavy atom. The van der Waals surface area contributed by atoms with Gasteiger partial charge in [-0.1, -0.05) is 48.9 Å². The predicted octanol–water partition coefficient (Wildman–Crippen LogP) is 5.91. The molecule has 0 spiro atoms. The Kier molecular flexibility index (Phi) is 11.1. The summed E-state index contributed by atoms with van der Waals surface area (Å²) in [6.07, 6.45) is 4.85. The van der Waals surface area contributed by atoms with Crippen molar-refractivity contribution in [3.63, 3.8) is 0 Å². The average Bonchev–Trinajstić information content (AvgIpc) is 2.65. The summed E-state index contributed by atoms with van der Waals surface area (Å²) in [5.74, 6) is 0.0762. The molecule has 158 valence electrons. The Bertz CT molecular complexity index is 588. The van der Waals surface area contributed by atoms with Crippen molar-refractivity contribution in [1.82, 2.24) is 0 Å². The Morgan fingerprint density at radius 2 is 1.82 bits per heavy atom. The van der Waals surface area contributed by atoms with E-state index in [1.165, 1.54) is 5.57 Å². The first-order valence-electron chi connectivity index (χ1n) is 10.3. The first kappa shape index (κ1) is 24.4. The molecule has 4 nitrogen and oxygen atoms in total. The van der Waals surface area contributed by atoms with Crippen molar-refractivity contribution in [3.8, 4) is 0 Å². The molecule has 0 amide bonds. The molecule has 0 aliphatic carbocycles. The molecular weight excluding hydrogens is 352 g/mol. The van der Waals surface area contributed by atoms with Gasteiger partial charge in [-0.3, -0.25) is 4.79 Å². The monoisotopic (exact) mass is 390 g/mol. The molecule has 1 rings (SSSR count). The number of allylic oxidation sites excluding steroid dienone is 2. The van der Waals surface area contributed by atoms with Gasteiger partial charge in [0.05, 0.1) is 24.7 Å². The maximum Gasteiger partial charge on any atom is 0.308 e. The fourth-order valence-electron chi connectivity index (χ4n) is 3.03. The zero-order valence-electron chi connectivity index (χ0n) is 18.5. The molecule has 0 N–H and O–H groups in total. The third-order valence-corrected chi connectivity index (χ3v) is 5.06. The van der Waals surface area contributed by atoms with Crippen molar-refractivity contribution in [2.24, 2.45) is 11.8 Å². The second-order valence-electron chi connectivity index (χ2n) is 8.14. The van der Waals surface area contributed by atoms with Gasteiger partial charge in [-0.2, -0.15) is 0 Å². The SMILES string of the molecule is CCOC(=O)C(C)CCC(CC=C(C)C)C(C)(C)OCOCc1ccccc1. The Morgan fingerprint density at radius 1 is 1.14 bits per heavy atom. The van der Waals surface area contributed by atoms with Crippen molar-refractivity contribution in [3.05, 3.63) is 47.5 Å². The Balaban J connectivity index is 2.58. The molecule has 1 aromatic rings. The van der Waals surface area contributed by atoms with Gasteiger partial charge in [0.15, 0.2) is 0 Å². The maximum absolute atomic E-state index is 11.9. The Labute approximate surface area is 171 Å². The fraction of sp³-hybridized carbons (Fsp3) is 0.625. The quantitative estimate of drug-likeness (QED) is 0.182. The van der Waals surface area contributed by atoms with E-state index >= 15 is 0 Å². The van der Waals surface area contributed by atoms with Crippen LogP contribution in [0.15, 0.2) is 42.0 Å². The highest BCUT2D eigenvalue weighted by molar-refractivity contribution is 5.71. The third kappa shape index (κ3) is 9.52. The lowest BCUT2D eigenvalue weighted by atomic mass is 9.82. The standard InChI is InChI=1S/C24H38O4/c1-7-27-23(25)20(4)14-16-22(15-13-19(2)3)24(5,6)28-18-26-17-21-11-9-8-10-12-21/h8-13,20,22H,7,14-18H2,1-6H3. The van der Waals surface area contributed by atoms with Crippen molar-refractivity contribution in [1.29, 1.82) is 0 Å². The fourth-order valence-corrected chi connectivity index (χ4v) is 3.03. The van der Waals surface area contributed by atoms with Gasteiger partial charge in [-0.15, -0.1) is 0 Å². The van der Waals surface area contributed by atoms with Crippen LogP contribution in [-0.2, 0) is 25.6 Å². The average molecular weight is 391 g/mol. The molecular formula is C24H38O4. The molecule has 2 atom stereocenters. The molecule has 0 radical (unpaired) electrons. The number of carbonyl (C=O) groups is 1. The van der Waals surface area contributed by atoms with E-state index < -0.39 is 0 Å². The lowest BCUT2D eigenvalue weighted by Gasteiger charge is -2.34. The van der Waals surface area contributed by atoms with Crippen LogP contribution in [0.1, 0.15) is 66.4 Å². The number of rotatable bonds is 13. The van der Waals surface area contributed by atoms with Gasteiger partial charge in [0.1, 0.15) is 6.79 Å². The van der Waals surface area contributed by atoms with Crippen LogP contribution in [0.25, 0.3) is 0 Å². The molecule has 28 heavy (non-hydrogen) atoms. The molecule has 0 saturated carbocycles. The smallest absolute Gasteiger partial charge is 0.308 e. The lowest BCUT2D eigenvalue weighted by molar-refractivity contribution is -0.157. The number of ether oxygens (including phenoxy) is 3. The van der Waals surface area contributed by atoms with Crippen LogP contribution < -0.4 is 0 Å². The minimum atomic E-state index is -0.350. The van der Waals surface area contributed by atoms with Crippen molar-refractivity contribution < 1.29 is 19.0 Å². The minimum Gasteiger partial charge on any atom is -0.466 e. The highest BCUT2D eigenvalue weighted by atomic mass is 16.7. The van der Waals surface area contributed by atoms with E-state index in [9.17, 15) is 4.79 Å². The molecule has 0 bridgehead atoms. The van der Waals surface area contributed by atoms with Gasteiger partial charge in [0, 0.05) is 0 Å². The van der Waals surface area contributed by atoms with E-state index in [0.29, 0.717) is 19.1 Å². The number of benzene rings is 1. The van der Waals surface area contributed by atoms with Gasteiger partial charge in [-0.05, 0) is 65.4 Å². The number of carbonyl (C=O) groups excluding carboxylic acids is 1. The summed E-state index contributed by atoms with van der Waals surface area (Å²) < 4.78 is 17.0. The number of hydrogen-bond donors (Lipinski definition) is 0. The van der Waals surface area contributed by atoms with E-state index in [-0.39, 0.29) is 24.3 Å². The van der Waals surface area contributed by atoms with Crippen LogP contribution in [-0.4, -0.2) is 25.0 Å². The second-order valence-corrected chi connectivity index (χ2v) is 8.14. The van der Waals surface area contributed by atoms with Crippen LogP contribution in [0.5, 0.6) is 0 Å². The van der Waals surface area contributed by atoms with Crippen molar-refractivity contribution >= 4 is 5.97 Å². The van der Waals surface area contributed by atoms with Gasteiger partial charge in [0.25, 0.3) is 0 Å². The van der Waals surface area contributed by atoms with E-state index in [0.717, 1.165) is 24.8 Å². The first-order chi connectivity index (χ1) is 13.3. The molecule has 1 aromatic carbocycles. The lowest BCUT2D eigenvalue weighted by Crippen LogP contribution is -2.36. The third-order valence-electron chi connectivity index (χ3n) is 5.06. The highest BCUT2D eigenvalue weighted by Crippen LogP contribution is 2.31. The van der Waals surface area contributed by atoms with Crippen molar-refractivity contribution in [2.75, 3.05) is 13.4 Å². The largest absolute Gasteiger partial charge is 0.466 e. The first-order valence-corrected chi connectivity index (χ1v) is 10.3. The topological polar surface area (TPSA) is 44.8 Å². The molecule has 0 aliphatic heterocycles. The normalized spacial score (nSPS) is 13.6. The summed E-state index contributed by atoms with van der Waals surface area (Å²) in [6, 6.07) is 10.1. The van der Waals surface area contributed by atoms with E-state index in [4.69, 9.17) is 14.2 Å². The summed E-state index contributed by atoms with van der Waals surface area (Å²) >= 11 is 0. The van der Waals surface area contributed by atoms with Gasteiger partial charge < -0.3 is 14.2 Å². The van der Waals surface area contributed by atoms with Crippen LogP contribution in [0.2, 0.25) is 0 Å². The van der Waals surface area contributed by atoms with E-state index in [1.807, 2.05) is 44.2 Å². The number of hydrogen-bond acceptors (Lipinski definition) is 4. The van der Waals surface area contributed by atoms with Gasteiger partial charge >= 0.3 is 5.97 Å². The minimum absolute atomic E-state index is 0.0979. The molecule has 0 saturated heterocycles. The van der Waals surface area contributed by atoms with E-state index in [2.05, 4.69) is 33.8 Å². The maximum atomic E-state index is 11.9. The summed E-state index contributed by atoms with van der Waals surface area (Å²) in [5.41, 5.74) is 2.07. The summed E-state index contributed by atoms with van der Waals surface area (Å²) in [4.78, 5) is 11.9. The number of esters is 1. The molecule has 0 fully saturated rings. The van der Waals surface area contributed by atoms with Crippen LogP contribution in [0.3, 0.4) is 0 Å².